The first kappa shape index (κ1) is 17.4. The van der Waals surface area contributed by atoms with Crippen LogP contribution in [0.1, 0.15) is 29.7 Å². The molecule has 2 heterocycles. The number of hydrogen-bond acceptors (Lipinski definition) is 4. The highest BCUT2D eigenvalue weighted by Crippen LogP contribution is 2.19. The van der Waals surface area contributed by atoms with E-state index >= 15 is 0 Å². The number of aromatic nitrogens is 1. The lowest BCUT2D eigenvalue weighted by Crippen LogP contribution is -2.43. The van der Waals surface area contributed by atoms with Crippen molar-refractivity contribution in [3.05, 3.63) is 16.1 Å². The minimum atomic E-state index is 0. The number of nitrogens with zero attached hydrogens (tertiary/aromatic N) is 2. The average molecular weight is 318 g/mol. The highest BCUT2D eigenvalue weighted by atomic mass is 35.5. The largest absolute Gasteiger partial charge is 0.345 e. The number of hydrogen-bond donors (Lipinski definition) is 1. The molecule has 0 spiro atoms. The van der Waals surface area contributed by atoms with Crippen LogP contribution in [0.4, 0.5) is 0 Å². The Balaban J connectivity index is 0.00000200. The van der Waals surface area contributed by atoms with Crippen molar-refractivity contribution in [3.63, 3.8) is 0 Å². The molecule has 4 nitrogen and oxygen atoms in total. The fourth-order valence-corrected chi connectivity index (χ4v) is 3.33. The molecule has 0 aromatic carbocycles. The molecule has 114 valence electrons. The van der Waals surface area contributed by atoms with Gasteiger partial charge in [0.1, 0.15) is 0 Å². The van der Waals surface area contributed by atoms with Crippen molar-refractivity contribution < 1.29 is 4.79 Å². The van der Waals surface area contributed by atoms with Gasteiger partial charge in [0.15, 0.2) is 0 Å². The van der Waals surface area contributed by atoms with Gasteiger partial charge in [0.25, 0.3) is 0 Å². The molecule has 2 rings (SSSR count). The Labute approximate surface area is 131 Å². The molecule has 0 unspecified atom stereocenters. The monoisotopic (exact) mass is 317 g/mol. The van der Waals surface area contributed by atoms with Gasteiger partial charge in [-0.1, -0.05) is 0 Å². The molecule has 20 heavy (non-hydrogen) atoms. The summed E-state index contributed by atoms with van der Waals surface area (Å²) in [5.74, 6) is 0.487. The lowest BCUT2D eigenvalue weighted by atomic mass is 9.92. The number of halogens is 1. The topological polar surface area (TPSA) is 45.2 Å². The highest BCUT2D eigenvalue weighted by molar-refractivity contribution is 7.11. The van der Waals surface area contributed by atoms with Crippen LogP contribution in [0.15, 0.2) is 6.20 Å². The molecule has 1 saturated heterocycles. The molecular weight excluding hydrogens is 294 g/mol. The maximum absolute atomic E-state index is 12.4. The van der Waals surface area contributed by atoms with Crippen LogP contribution in [0.25, 0.3) is 0 Å². The third-order valence-corrected chi connectivity index (χ3v) is 4.65. The molecule has 0 bridgehead atoms. The van der Waals surface area contributed by atoms with Crippen molar-refractivity contribution in [1.82, 2.24) is 15.2 Å². The molecule has 1 aromatic heterocycles. The van der Waals surface area contributed by atoms with E-state index in [2.05, 4.69) is 24.1 Å². The predicted molar refractivity (Wildman–Crippen MR) is 85.6 cm³/mol. The molecule has 6 heteroatoms. The first-order valence-corrected chi connectivity index (χ1v) is 7.77. The zero-order valence-electron chi connectivity index (χ0n) is 12.4. The number of aryl methyl sites for hydroxylation is 1. The Morgan fingerprint density at radius 2 is 2.35 bits per heavy atom. The number of piperidine rings is 1. The van der Waals surface area contributed by atoms with Crippen LogP contribution in [0.3, 0.4) is 0 Å². The summed E-state index contributed by atoms with van der Waals surface area (Å²) in [5, 5.41) is 4.51. The molecule has 2 atom stereocenters. The van der Waals surface area contributed by atoms with E-state index in [1.165, 1.54) is 4.88 Å². The van der Waals surface area contributed by atoms with E-state index in [0.717, 1.165) is 37.4 Å². The lowest BCUT2D eigenvalue weighted by Gasteiger charge is -2.30. The van der Waals surface area contributed by atoms with Crippen LogP contribution in [0, 0.1) is 12.8 Å². The summed E-state index contributed by atoms with van der Waals surface area (Å²) in [5.41, 5.74) is 0. The molecule has 1 N–H and O–H groups in total. The number of rotatable bonds is 4. The Morgan fingerprint density at radius 1 is 1.60 bits per heavy atom. The third-order valence-electron chi connectivity index (χ3n) is 3.68. The van der Waals surface area contributed by atoms with E-state index in [-0.39, 0.29) is 18.3 Å². The van der Waals surface area contributed by atoms with Crippen LogP contribution in [0.2, 0.25) is 0 Å². The van der Waals surface area contributed by atoms with Gasteiger partial charge >= 0.3 is 0 Å². The first-order valence-electron chi connectivity index (χ1n) is 6.96. The number of carbonyl (C=O) groups is 1. The van der Waals surface area contributed by atoms with Crippen molar-refractivity contribution in [2.75, 3.05) is 20.1 Å². The van der Waals surface area contributed by atoms with Gasteiger partial charge in [-0.3, -0.25) is 4.79 Å². The van der Waals surface area contributed by atoms with Crippen molar-refractivity contribution in [1.29, 1.82) is 0 Å². The quantitative estimate of drug-likeness (QED) is 0.926. The Morgan fingerprint density at radius 3 is 2.95 bits per heavy atom. The third kappa shape index (κ3) is 4.72. The van der Waals surface area contributed by atoms with E-state index in [0.29, 0.717) is 11.9 Å². The number of thiazole rings is 1. The molecular formula is C14H24ClN3OS. The van der Waals surface area contributed by atoms with Crippen LogP contribution in [-0.4, -0.2) is 42.0 Å². The average Bonchev–Trinajstić information content (AvgIpc) is 2.81. The van der Waals surface area contributed by atoms with Crippen molar-refractivity contribution >= 4 is 29.7 Å². The molecule has 1 amide bonds. The number of nitrogens with one attached hydrogen (secondary N) is 1. The number of amides is 1. The zero-order chi connectivity index (χ0) is 13.8. The summed E-state index contributed by atoms with van der Waals surface area (Å²) < 4.78 is 0. The summed E-state index contributed by atoms with van der Waals surface area (Å²) in [6, 6.07) is 0.456. The molecule has 1 aromatic rings. The molecule has 0 radical (unpaired) electrons. The minimum absolute atomic E-state index is 0. The second kappa shape index (κ2) is 7.96. The standard InChI is InChI=1S/C14H23N3OS.ClH/c1-10-8-12(4-6-15-10)14(18)17(3)7-5-13-16-9-11(2)19-13;/h9-10,12,15H,4-8H2,1-3H3;1H/t10-,12-;/m0./s1. The second-order valence-corrected chi connectivity index (χ2v) is 6.77. The summed E-state index contributed by atoms with van der Waals surface area (Å²) in [7, 11) is 1.91. The number of carbonyl (C=O) groups excluding carboxylic acids is 1. The van der Waals surface area contributed by atoms with Gasteiger partial charge in [0.05, 0.1) is 5.01 Å². The zero-order valence-corrected chi connectivity index (χ0v) is 14.0. The molecule has 1 aliphatic rings. The van der Waals surface area contributed by atoms with Gasteiger partial charge in [-0.05, 0) is 33.2 Å². The minimum Gasteiger partial charge on any atom is -0.345 e. The van der Waals surface area contributed by atoms with E-state index < -0.39 is 0 Å². The summed E-state index contributed by atoms with van der Waals surface area (Å²) in [6.07, 6.45) is 4.68. The van der Waals surface area contributed by atoms with Gasteiger partial charge < -0.3 is 10.2 Å². The van der Waals surface area contributed by atoms with E-state index in [4.69, 9.17) is 0 Å². The SMILES string of the molecule is Cc1cnc(CCN(C)C(=O)[C@H]2CCN[C@@H](C)C2)s1.Cl. The van der Waals surface area contributed by atoms with E-state index in [1.54, 1.807) is 11.3 Å². The van der Waals surface area contributed by atoms with Crippen LogP contribution in [0.5, 0.6) is 0 Å². The molecule has 1 fully saturated rings. The Kier molecular flexibility index (Phi) is 6.92. The Bertz CT molecular complexity index is 438. The van der Waals surface area contributed by atoms with E-state index in [9.17, 15) is 4.79 Å². The van der Waals surface area contributed by atoms with Crippen LogP contribution >= 0.6 is 23.7 Å². The number of likely N-dealkylation sites (N-methyl/N-ethyl adjacent to an activating group) is 1. The highest BCUT2D eigenvalue weighted by Gasteiger charge is 2.26. The molecule has 0 aliphatic carbocycles. The lowest BCUT2D eigenvalue weighted by molar-refractivity contribution is -0.135. The normalized spacial score (nSPS) is 22.1. The van der Waals surface area contributed by atoms with Crippen molar-refractivity contribution in [2.24, 2.45) is 5.92 Å². The van der Waals surface area contributed by atoms with Gasteiger partial charge in [-0.15, -0.1) is 23.7 Å². The predicted octanol–water partition coefficient (Wildman–Crippen LogP) is 2.26. The molecule has 1 aliphatic heterocycles. The Hall–Kier alpha value is -0.650. The molecule has 0 saturated carbocycles. The van der Waals surface area contributed by atoms with Gasteiger partial charge in [0.2, 0.25) is 5.91 Å². The second-order valence-electron chi connectivity index (χ2n) is 5.45. The fraction of sp³-hybridized carbons (Fsp3) is 0.714. The summed E-state index contributed by atoms with van der Waals surface area (Å²) >= 11 is 1.72. The van der Waals surface area contributed by atoms with Crippen LogP contribution < -0.4 is 5.32 Å². The van der Waals surface area contributed by atoms with Crippen LogP contribution in [-0.2, 0) is 11.2 Å². The van der Waals surface area contributed by atoms with Gasteiger partial charge in [-0.2, -0.15) is 0 Å². The van der Waals surface area contributed by atoms with Crippen molar-refractivity contribution in [2.45, 2.75) is 39.2 Å². The van der Waals surface area contributed by atoms with Crippen molar-refractivity contribution in [3.8, 4) is 0 Å². The fourth-order valence-electron chi connectivity index (χ4n) is 2.56. The van der Waals surface area contributed by atoms with Gasteiger partial charge in [-0.25, -0.2) is 4.98 Å². The smallest absolute Gasteiger partial charge is 0.225 e. The van der Waals surface area contributed by atoms with Gasteiger partial charge in [0, 0.05) is 43.0 Å². The summed E-state index contributed by atoms with van der Waals surface area (Å²) in [6.45, 7) is 5.94. The van der Waals surface area contributed by atoms with E-state index in [1.807, 2.05) is 18.1 Å². The summed E-state index contributed by atoms with van der Waals surface area (Å²) in [4.78, 5) is 19.8. The maximum Gasteiger partial charge on any atom is 0.225 e. The maximum atomic E-state index is 12.4. The first-order chi connectivity index (χ1) is 9.06.